The van der Waals surface area contributed by atoms with Gasteiger partial charge in [0.05, 0.1) is 25.0 Å². The minimum atomic E-state index is -0.0158. The van der Waals surface area contributed by atoms with Crippen molar-refractivity contribution in [2.75, 3.05) is 39.5 Å². The Morgan fingerprint density at radius 1 is 0.500 bits per heavy atom. The fourth-order valence-corrected chi connectivity index (χ4v) is 8.47. The Morgan fingerprint density at radius 3 is 1.17 bits per heavy atom. The molecule has 0 atom stereocenters. The molecule has 1 fully saturated rings. The molecule has 0 unspecified atom stereocenters. The first kappa shape index (κ1) is 50.9. The first-order valence-corrected chi connectivity index (χ1v) is 24.2. The number of hydrogen-bond donors (Lipinski definition) is 1. The van der Waals surface area contributed by atoms with E-state index in [0.717, 1.165) is 96.7 Å². The van der Waals surface area contributed by atoms with Gasteiger partial charge in [0.2, 0.25) is 0 Å². The molecule has 1 aliphatic rings. The van der Waals surface area contributed by atoms with Crippen LogP contribution in [0.25, 0.3) is 0 Å². The van der Waals surface area contributed by atoms with Gasteiger partial charge in [-0.05, 0) is 76.9 Å². The van der Waals surface area contributed by atoms with E-state index >= 15 is 0 Å². The zero-order valence-corrected chi connectivity index (χ0v) is 36.7. The predicted octanol–water partition coefficient (Wildman–Crippen LogP) is 13.4. The fourth-order valence-electron chi connectivity index (χ4n) is 8.47. The zero-order chi connectivity index (χ0) is 39.3. The highest BCUT2D eigenvalue weighted by Crippen LogP contribution is 2.29. The van der Waals surface area contributed by atoms with E-state index in [1.165, 1.54) is 128 Å². The average Bonchev–Trinajstić information content (AvgIpc) is 3.18. The van der Waals surface area contributed by atoms with Crippen LogP contribution < -0.4 is 0 Å². The predicted molar refractivity (Wildman–Crippen MR) is 230 cm³/mol. The largest absolute Gasteiger partial charge is 0.465 e. The lowest BCUT2D eigenvalue weighted by atomic mass is 9.85. The van der Waals surface area contributed by atoms with Gasteiger partial charge in [0.1, 0.15) is 0 Å². The van der Waals surface area contributed by atoms with Crippen molar-refractivity contribution in [1.29, 1.82) is 0 Å². The van der Waals surface area contributed by atoms with Crippen molar-refractivity contribution in [2.24, 2.45) is 23.7 Å². The summed E-state index contributed by atoms with van der Waals surface area (Å²) in [7, 11) is 0. The number of rotatable bonds is 39. The Kier molecular flexibility index (Phi) is 35.3. The lowest BCUT2D eigenvalue weighted by Gasteiger charge is -2.36. The molecule has 0 aromatic carbocycles. The Morgan fingerprint density at radius 2 is 0.833 bits per heavy atom. The van der Waals surface area contributed by atoms with E-state index in [0.29, 0.717) is 19.1 Å². The molecule has 54 heavy (non-hydrogen) atoms. The topological polar surface area (TPSA) is 76.1 Å². The second-order valence-corrected chi connectivity index (χ2v) is 17.2. The van der Waals surface area contributed by atoms with Crippen LogP contribution in [-0.2, 0) is 19.1 Å². The first-order valence-electron chi connectivity index (χ1n) is 24.2. The fraction of sp³-hybridized carbons (Fsp3) is 0.958. The number of aliphatic hydroxyl groups excluding tert-OH is 1. The molecule has 1 saturated heterocycles. The number of carbonyl (C=O) groups excluding carboxylic acids is 2. The van der Waals surface area contributed by atoms with Crippen LogP contribution in [0.2, 0.25) is 0 Å². The Labute approximate surface area is 336 Å². The van der Waals surface area contributed by atoms with Crippen LogP contribution >= 0.6 is 0 Å². The third-order valence-corrected chi connectivity index (χ3v) is 12.4. The van der Waals surface area contributed by atoms with E-state index in [9.17, 15) is 14.7 Å². The number of esters is 2. The minimum Gasteiger partial charge on any atom is -0.465 e. The second kappa shape index (κ2) is 37.4. The number of aliphatic hydroxyl groups is 1. The average molecular weight is 764 g/mol. The number of nitrogens with zero attached hydrogens (tertiary/aromatic N) is 1. The molecule has 1 heterocycles. The number of unbranched alkanes of at least 4 members (excludes halogenated alkanes) is 21. The van der Waals surface area contributed by atoms with E-state index < -0.39 is 0 Å². The smallest absolute Gasteiger partial charge is 0.308 e. The third kappa shape index (κ3) is 27.5. The highest BCUT2D eigenvalue weighted by atomic mass is 16.5. The molecular formula is C48H93NO5. The molecule has 0 aliphatic carbocycles. The number of ether oxygens (including phenoxy) is 2. The second-order valence-electron chi connectivity index (χ2n) is 17.2. The molecule has 0 amide bonds. The summed E-state index contributed by atoms with van der Waals surface area (Å²) in [5, 5.41) is 9.26. The summed E-state index contributed by atoms with van der Waals surface area (Å²) in [6.45, 7) is 13.1. The molecule has 320 valence electrons. The van der Waals surface area contributed by atoms with Gasteiger partial charge in [-0.1, -0.05) is 182 Å². The van der Waals surface area contributed by atoms with Crippen LogP contribution in [-0.4, -0.2) is 61.4 Å². The van der Waals surface area contributed by atoms with Crippen LogP contribution in [0, 0.1) is 23.7 Å². The van der Waals surface area contributed by atoms with Crippen molar-refractivity contribution < 1.29 is 24.2 Å². The van der Waals surface area contributed by atoms with E-state index in [4.69, 9.17) is 9.47 Å². The molecule has 0 aromatic heterocycles. The van der Waals surface area contributed by atoms with Gasteiger partial charge in [0.15, 0.2) is 0 Å². The number of piperidine rings is 1. The number of carbonyl (C=O) groups is 2. The molecule has 0 radical (unpaired) electrons. The van der Waals surface area contributed by atoms with Gasteiger partial charge in [-0.15, -0.1) is 0 Å². The maximum absolute atomic E-state index is 13.8. The van der Waals surface area contributed by atoms with Crippen molar-refractivity contribution >= 4 is 11.9 Å². The quantitative estimate of drug-likeness (QED) is 0.0496. The molecule has 1 N–H and O–H groups in total. The summed E-state index contributed by atoms with van der Waals surface area (Å²) in [4.78, 5) is 30.1. The molecule has 0 bridgehead atoms. The van der Waals surface area contributed by atoms with Gasteiger partial charge >= 0.3 is 11.9 Å². The molecule has 0 aromatic rings. The standard InChI is InChI=1S/C48H93NO5/c1-5-9-13-17-21-25-31-44(32-26-22-18-14-10-6-2)47(51)53-41-46(43-35-38-49(39-36-43)37-29-30-40-50)42-54-48(52)45(33-27-23-19-15-11-7-3)34-28-24-20-16-12-8-4/h43-46,50H,5-42H2,1-4H3. The van der Waals surface area contributed by atoms with Gasteiger partial charge in [0, 0.05) is 12.5 Å². The highest BCUT2D eigenvalue weighted by molar-refractivity contribution is 5.73. The lowest BCUT2D eigenvalue weighted by Crippen LogP contribution is -2.39. The van der Waals surface area contributed by atoms with Crippen molar-refractivity contribution in [1.82, 2.24) is 4.90 Å². The molecule has 1 aliphatic heterocycles. The molecule has 6 heteroatoms. The van der Waals surface area contributed by atoms with Gasteiger partial charge in [0.25, 0.3) is 0 Å². The SMILES string of the molecule is CCCCCCCCC(CCCCCCCC)C(=O)OCC(COC(=O)C(CCCCCCCC)CCCCCCCC)C1CCN(CCCCO)CC1. The summed E-state index contributed by atoms with van der Waals surface area (Å²) >= 11 is 0. The summed E-state index contributed by atoms with van der Waals surface area (Å²) in [5.74, 6) is 0.365. The maximum atomic E-state index is 13.8. The first-order chi connectivity index (χ1) is 26.5. The summed E-state index contributed by atoms with van der Waals surface area (Å²) in [6, 6.07) is 0. The summed E-state index contributed by atoms with van der Waals surface area (Å²) < 4.78 is 12.5. The van der Waals surface area contributed by atoms with Crippen molar-refractivity contribution in [2.45, 2.75) is 233 Å². The minimum absolute atomic E-state index is 0.0149. The van der Waals surface area contributed by atoms with Crippen LogP contribution in [0.15, 0.2) is 0 Å². The van der Waals surface area contributed by atoms with E-state index in [-0.39, 0.29) is 36.3 Å². The van der Waals surface area contributed by atoms with Crippen molar-refractivity contribution in [3.05, 3.63) is 0 Å². The Balaban J connectivity index is 2.92. The number of hydrogen-bond acceptors (Lipinski definition) is 6. The van der Waals surface area contributed by atoms with Crippen molar-refractivity contribution in [3.8, 4) is 0 Å². The third-order valence-electron chi connectivity index (χ3n) is 12.4. The van der Waals surface area contributed by atoms with Crippen LogP contribution in [0.4, 0.5) is 0 Å². The maximum Gasteiger partial charge on any atom is 0.308 e. The van der Waals surface area contributed by atoms with Gasteiger partial charge in [-0.2, -0.15) is 0 Å². The van der Waals surface area contributed by atoms with Crippen LogP contribution in [0.5, 0.6) is 0 Å². The summed E-state index contributed by atoms with van der Waals surface area (Å²) in [6.07, 6.45) is 37.4. The molecular weight excluding hydrogens is 671 g/mol. The number of likely N-dealkylation sites (tertiary alicyclic amines) is 1. The molecule has 1 rings (SSSR count). The monoisotopic (exact) mass is 764 g/mol. The molecule has 0 saturated carbocycles. The highest BCUT2D eigenvalue weighted by Gasteiger charge is 2.31. The van der Waals surface area contributed by atoms with E-state index in [2.05, 4.69) is 32.6 Å². The normalized spacial score (nSPS) is 14.1. The van der Waals surface area contributed by atoms with Crippen molar-refractivity contribution in [3.63, 3.8) is 0 Å². The van der Waals surface area contributed by atoms with Gasteiger partial charge in [-0.3, -0.25) is 9.59 Å². The van der Waals surface area contributed by atoms with Gasteiger partial charge < -0.3 is 19.5 Å². The molecule has 6 nitrogen and oxygen atoms in total. The zero-order valence-electron chi connectivity index (χ0n) is 36.7. The van der Waals surface area contributed by atoms with Crippen LogP contribution in [0.3, 0.4) is 0 Å². The Hall–Kier alpha value is -1.14. The van der Waals surface area contributed by atoms with E-state index in [1.54, 1.807) is 0 Å². The van der Waals surface area contributed by atoms with Crippen LogP contribution in [0.1, 0.15) is 233 Å². The molecule has 0 spiro atoms. The Bertz CT molecular complexity index is 744. The van der Waals surface area contributed by atoms with E-state index in [1.807, 2.05) is 0 Å². The van der Waals surface area contributed by atoms with Gasteiger partial charge in [-0.25, -0.2) is 0 Å². The summed E-state index contributed by atoms with van der Waals surface area (Å²) in [5.41, 5.74) is 0. The lowest BCUT2D eigenvalue weighted by molar-refractivity contribution is -0.156.